The SMILES string of the molecule is CC(C)(C)C(=O)N1CCC[C@H]1C(=O)N[C@@H]1CCN(C2CC2)C1. The summed E-state index contributed by atoms with van der Waals surface area (Å²) in [7, 11) is 0. The standard InChI is InChI=1S/C17H29N3O2/c1-17(2,3)16(22)20-9-4-5-14(20)15(21)18-12-8-10-19(11-12)13-6-7-13/h12-14H,4-11H2,1-3H3,(H,18,21)/t12-,14+/m1/s1. The van der Waals surface area contributed by atoms with Crippen LogP contribution >= 0.6 is 0 Å². The molecule has 0 aromatic rings. The molecule has 0 aromatic carbocycles. The fourth-order valence-corrected chi connectivity index (χ4v) is 3.69. The summed E-state index contributed by atoms with van der Waals surface area (Å²) < 4.78 is 0. The fraction of sp³-hybridized carbons (Fsp3) is 0.882. The summed E-state index contributed by atoms with van der Waals surface area (Å²) in [5.74, 6) is 0.147. The van der Waals surface area contributed by atoms with E-state index in [4.69, 9.17) is 0 Å². The fourth-order valence-electron chi connectivity index (χ4n) is 3.69. The van der Waals surface area contributed by atoms with Crippen LogP contribution in [0.1, 0.15) is 52.9 Å². The van der Waals surface area contributed by atoms with Crippen LogP contribution in [0.25, 0.3) is 0 Å². The molecule has 0 radical (unpaired) electrons. The van der Waals surface area contributed by atoms with Crippen molar-refractivity contribution in [2.45, 2.75) is 71.0 Å². The highest BCUT2D eigenvalue weighted by Crippen LogP contribution is 2.30. The van der Waals surface area contributed by atoms with Crippen molar-refractivity contribution in [2.24, 2.45) is 5.41 Å². The van der Waals surface area contributed by atoms with Crippen molar-refractivity contribution < 1.29 is 9.59 Å². The van der Waals surface area contributed by atoms with Crippen molar-refractivity contribution in [3.05, 3.63) is 0 Å². The van der Waals surface area contributed by atoms with Gasteiger partial charge >= 0.3 is 0 Å². The molecule has 0 aromatic heterocycles. The average Bonchev–Trinajstić information content (AvgIpc) is 3.00. The topological polar surface area (TPSA) is 52.7 Å². The molecular weight excluding hydrogens is 278 g/mol. The number of likely N-dealkylation sites (tertiary alicyclic amines) is 2. The van der Waals surface area contributed by atoms with Gasteiger partial charge in [-0.15, -0.1) is 0 Å². The third kappa shape index (κ3) is 3.29. The zero-order chi connectivity index (χ0) is 15.9. The quantitative estimate of drug-likeness (QED) is 0.857. The van der Waals surface area contributed by atoms with Crippen LogP contribution in [0.5, 0.6) is 0 Å². The van der Waals surface area contributed by atoms with Crippen molar-refractivity contribution in [2.75, 3.05) is 19.6 Å². The first-order valence-corrected chi connectivity index (χ1v) is 8.72. The lowest BCUT2D eigenvalue weighted by Crippen LogP contribution is -2.51. The summed E-state index contributed by atoms with van der Waals surface area (Å²) in [5.41, 5.74) is -0.418. The number of carbonyl (C=O) groups is 2. The van der Waals surface area contributed by atoms with Gasteiger partial charge < -0.3 is 10.2 Å². The molecule has 5 heteroatoms. The molecule has 2 amide bonds. The number of hydrogen-bond donors (Lipinski definition) is 1. The summed E-state index contributed by atoms with van der Waals surface area (Å²) in [6.07, 6.45) is 5.40. The Bertz CT molecular complexity index is 453. The first-order valence-electron chi connectivity index (χ1n) is 8.72. The molecule has 5 nitrogen and oxygen atoms in total. The van der Waals surface area contributed by atoms with Gasteiger partial charge in [-0.05, 0) is 32.1 Å². The molecule has 3 fully saturated rings. The highest BCUT2D eigenvalue weighted by Gasteiger charge is 2.40. The molecule has 2 atom stereocenters. The zero-order valence-corrected chi connectivity index (χ0v) is 14.1. The third-order valence-electron chi connectivity index (χ3n) is 5.09. The molecule has 0 spiro atoms. The van der Waals surface area contributed by atoms with Gasteiger partial charge in [0.1, 0.15) is 6.04 Å². The van der Waals surface area contributed by atoms with Gasteiger partial charge in [0.2, 0.25) is 11.8 Å². The largest absolute Gasteiger partial charge is 0.350 e. The normalized spacial score (nSPS) is 29.9. The molecule has 1 N–H and O–H groups in total. The molecule has 0 bridgehead atoms. The summed E-state index contributed by atoms with van der Waals surface area (Å²) in [6, 6.07) is 0.773. The number of carbonyl (C=O) groups excluding carboxylic acids is 2. The number of hydrogen-bond acceptors (Lipinski definition) is 3. The maximum Gasteiger partial charge on any atom is 0.243 e. The molecule has 0 unspecified atom stereocenters. The second-order valence-corrected chi connectivity index (χ2v) is 8.13. The summed E-state index contributed by atoms with van der Waals surface area (Å²) >= 11 is 0. The molecular formula is C17H29N3O2. The monoisotopic (exact) mass is 307 g/mol. The van der Waals surface area contributed by atoms with Gasteiger partial charge in [-0.3, -0.25) is 14.5 Å². The molecule has 1 aliphatic carbocycles. The number of nitrogens with one attached hydrogen (secondary N) is 1. The van der Waals surface area contributed by atoms with Crippen LogP contribution in [-0.4, -0.2) is 59.4 Å². The van der Waals surface area contributed by atoms with E-state index in [-0.39, 0.29) is 23.9 Å². The Morgan fingerprint density at radius 2 is 1.77 bits per heavy atom. The predicted molar refractivity (Wildman–Crippen MR) is 85.3 cm³/mol. The van der Waals surface area contributed by atoms with E-state index < -0.39 is 5.41 Å². The molecule has 22 heavy (non-hydrogen) atoms. The Morgan fingerprint density at radius 1 is 1.05 bits per heavy atom. The van der Waals surface area contributed by atoms with Gasteiger partial charge in [0, 0.05) is 37.1 Å². The van der Waals surface area contributed by atoms with Crippen LogP contribution < -0.4 is 5.32 Å². The molecule has 2 heterocycles. The van der Waals surface area contributed by atoms with Gasteiger partial charge in [0.15, 0.2) is 0 Å². The molecule has 1 saturated carbocycles. The van der Waals surface area contributed by atoms with Crippen molar-refractivity contribution in [1.82, 2.24) is 15.1 Å². The third-order valence-corrected chi connectivity index (χ3v) is 5.09. The maximum atomic E-state index is 12.6. The van der Waals surface area contributed by atoms with E-state index in [0.29, 0.717) is 6.54 Å². The average molecular weight is 307 g/mol. The van der Waals surface area contributed by atoms with E-state index >= 15 is 0 Å². The van der Waals surface area contributed by atoms with Gasteiger partial charge in [0.05, 0.1) is 0 Å². The Morgan fingerprint density at radius 3 is 2.41 bits per heavy atom. The van der Waals surface area contributed by atoms with E-state index in [2.05, 4.69) is 10.2 Å². The van der Waals surface area contributed by atoms with Crippen molar-refractivity contribution in [3.8, 4) is 0 Å². The number of nitrogens with zero attached hydrogens (tertiary/aromatic N) is 2. The number of amides is 2. The van der Waals surface area contributed by atoms with Crippen LogP contribution in [0.2, 0.25) is 0 Å². The summed E-state index contributed by atoms with van der Waals surface area (Å²) in [5, 5.41) is 3.20. The summed E-state index contributed by atoms with van der Waals surface area (Å²) in [6.45, 7) is 8.57. The Hall–Kier alpha value is -1.10. The highest BCUT2D eigenvalue weighted by molar-refractivity contribution is 5.90. The lowest BCUT2D eigenvalue weighted by molar-refractivity contribution is -0.144. The first-order chi connectivity index (χ1) is 10.4. The number of rotatable bonds is 3. The first kappa shape index (κ1) is 15.8. The van der Waals surface area contributed by atoms with Gasteiger partial charge in [-0.25, -0.2) is 0 Å². The van der Waals surface area contributed by atoms with E-state index in [1.165, 1.54) is 12.8 Å². The van der Waals surface area contributed by atoms with Gasteiger partial charge in [-0.1, -0.05) is 20.8 Å². The van der Waals surface area contributed by atoms with Crippen LogP contribution in [0.15, 0.2) is 0 Å². The molecule has 3 aliphatic rings. The smallest absolute Gasteiger partial charge is 0.243 e. The molecule has 2 aliphatic heterocycles. The van der Waals surface area contributed by atoms with E-state index in [1.807, 2.05) is 20.8 Å². The van der Waals surface area contributed by atoms with Gasteiger partial charge in [0.25, 0.3) is 0 Å². The maximum absolute atomic E-state index is 12.6. The molecule has 2 saturated heterocycles. The van der Waals surface area contributed by atoms with Crippen LogP contribution in [0, 0.1) is 5.41 Å². The van der Waals surface area contributed by atoms with Crippen LogP contribution in [-0.2, 0) is 9.59 Å². The minimum atomic E-state index is -0.418. The van der Waals surface area contributed by atoms with E-state index in [9.17, 15) is 9.59 Å². The van der Waals surface area contributed by atoms with Crippen LogP contribution in [0.3, 0.4) is 0 Å². The van der Waals surface area contributed by atoms with Crippen molar-refractivity contribution in [3.63, 3.8) is 0 Å². The van der Waals surface area contributed by atoms with Gasteiger partial charge in [-0.2, -0.15) is 0 Å². The van der Waals surface area contributed by atoms with E-state index in [1.54, 1.807) is 4.90 Å². The predicted octanol–water partition coefficient (Wildman–Crippen LogP) is 1.38. The van der Waals surface area contributed by atoms with Crippen molar-refractivity contribution >= 4 is 11.8 Å². The Balaban J connectivity index is 1.56. The van der Waals surface area contributed by atoms with E-state index in [0.717, 1.165) is 38.4 Å². The zero-order valence-electron chi connectivity index (χ0n) is 14.1. The molecule has 3 rings (SSSR count). The van der Waals surface area contributed by atoms with Crippen LogP contribution in [0.4, 0.5) is 0 Å². The summed E-state index contributed by atoms with van der Waals surface area (Å²) in [4.78, 5) is 29.4. The second kappa shape index (κ2) is 5.84. The Labute approximate surface area is 133 Å². The van der Waals surface area contributed by atoms with Crippen molar-refractivity contribution in [1.29, 1.82) is 0 Å². The minimum Gasteiger partial charge on any atom is -0.350 e. The lowest BCUT2D eigenvalue weighted by Gasteiger charge is -2.30. The molecule has 124 valence electrons. The highest BCUT2D eigenvalue weighted by atomic mass is 16.2. The lowest BCUT2D eigenvalue weighted by atomic mass is 9.94. The minimum absolute atomic E-state index is 0.0535. The Kier molecular flexibility index (Phi) is 4.19. The second-order valence-electron chi connectivity index (χ2n) is 8.13.